The molecule has 0 aromatic carbocycles. The Morgan fingerprint density at radius 2 is 1.92 bits per heavy atom. The number of aromatic nitrogens is 3. The van der Waals surface area contributed by atoms with Crippen molar-refractivity contribution in [1.82, 2.24) is 19.9 Å². The van der Waals surface area contributed by atoms with Gasteiger partial charge in [0.2, 0.25) is 0 Å². The second-order valence-electron chi connectivity index (χ2n) is 6.50. The summed E-state index contributed by atoms with van der Waals surface area (Å²) < 4.78 is 0. The molecule has 1 N–H and O–H groups in total. The average Bonchev–Trinajstić information content (AvgIpc) is 3.17. The highest BCUT2D eigenvalue weighted by Gasteiger charge is 2.18. The fourth-order valence-corrected chi connectivity index (χ4v) is 3.29. The Kier molecular flexibility index (Phi) is 5.75. The molecule has 0 amide bonds. The Bertz CT molecular complexity index is 637. The molecule has 24 heavy (non-hydrogen) atoms. The number of nitrogens with one attached hydrogen (secondary N) is 1. The van der Waals surface area contributed by atoms with E-state index >= 15 is 0 Å². The molecule has 1 aliphatic rings. The van der Waals surface area contributed by atoms with E-state index in [1.807, 2.05) is 12.1 Å². The van der Waals surface area contributed by atoms with Gasteiger partial charge in [0, 0.05) is 48.8 Å². The maximum Gasteiger partial charge on any atom is 0.161 e. The normalized spacial score (nSPS) is 15.1. The van der Waals surface area contributed by atoms with E-state index < -0.39 is 0 Å². The van der Waals surface area contributed by atoms with Crippen LogP contribution in [0, 0.1) is 0 Å². The molecule has 5 nitrogen and oxygen atoms in total. The molecule has 0 aliphatic heterocycles. The third-order valence-electron chi connectivity index (χ3n) is 4.80. The van der Waals surface area contributed by atoms with E-state index in [0.29, 0.717) is 0 Å². The van der Waals surface area contributed by atoms with Crippen molar-refractivity contribution in [2.24, 2.45) is 0 Å². The van der Waals surface area contributed by atoms with E-state index in [-0.39, 0.29) is 0 Å². The van der Waals surface area contributed by atoms with Gasteiger partial charge in [-0.15, -0.1) is 0 Å². The second-order valence-corrected chi connectivity index (χ2v) is 6.50. The van der Waals surface area contributed by atoms with Gasteiger partial charge in [-0.05, 0) is 38.4 Å². The molecule has 1 aliphatic carbocycles. The molecule has 128 valence electrons. The minimum atomic E-state index is 0.760. The summed E-state index contributed by atoms with van der Waals surface area (Å²) in [5.74, 6) is 1.68. The summed E-state index contributed by atoms with van der Waals surface area (Å²) >= 11 is 0. The van der Waals surface area contributed by atoms with Crippen LogP contribution in [0.5, 0.6) is 0 Å². The Balaban J connectivity index is 1.64. The van der Waals surface area contributed by atoms with Gasteiger partial charge in [0.1, 0.15) is 5.82 Å². The smallest absolute Gasteiger partial charge is 0.161 e. The SMILES string of the molecule is CCc1cc(NCCN(C)C2CCCC2)nc(-c2ccncc2)n1. The van der Waals surface area contributed by atoms with Crippen LogP contribution in [-0.2, 0) is 6.42 Å². The lowest BCUT2D eigenvalue weighted by Crippen LogP contribution is -2.33. The lowest BCUT2D eigenvalue weighted by atomic mass is 10.2. The molecular weight excluding hydrogens is 298 g/mol. The van der Waals surface area contributed by atoms with Gasteiger partial charge in [-0.2, -0.15) is 0 Å². The summed E-state index contributed by atoms with van der Waals surface area (Å²) in [6.45, 7) is 4.07. The quantitative estimate of drug-likeness (QED) is 0.845. The maximum absolute atomic E-state index is 4.68. The molecule has 0 radical (unpaired) electrons. The lowest BCUT2D eigenvalue weighted by Gasteiger charge is -2.24. The number of hydrogen-bond donors (Lipinski definition) is 1. The van der Waals surface area contributed by atoms with E-state index in [1.54, 1.807) is 12.4 Å². The molecule has 0 atom stereocenters. The molecule has 0 spiro atoms. The Morgan fingerprint density at radius 3 is 2.62 bits per heavy atom. The molecule has 5 heteroatoms. The molecule has 1 saturated carbocycles. The Hall–Kier alpha value is -2.01. The molecule has 0 unspecified atom stereocenters. The van der Waals surface area contributed by atoms with Crippen molar-refractivity contribution in [3.8, 4) is 11.4 Å². The van der Waals surface area contributed by atoms with Gasteiger partial charge in [0.15, 0.2) is 5.82 Å². The maximum atomic E-state index is 4.68. The molecule has 2 aromatic rings. The van der Waals surface area contributed by atoms with Crippen molar-refractivity contribution >= 4 is 5.82 Å². The first-order valence-corrected chi connectivity index (χ1v) is 8.98. The monoisotopic (exact) mass is 325 g/mol. The molecule has 2 aromatic heterocycles. The fourth-order valence-electron chi connectivity index (χ4n) is 3.29. The number of hydrogen-bond acceptors (Lipinski definition) is 5. The zero-order chi connectivity index (χ0) is 16.8. The second kappa shape index (κ2) is 8.20. The van der Waals surface area contributed by atoms with Crippen molar-refractivity contribution in [3.63, 3.8) is 0 Å². The van der Waals surface area contributed by atoms with Crippen LogP contribution >= 0.6 is 0 Å². The van der Waals surface area contributed by atoms with E-state index in [9.17, 15) is 0 Å². The molecule has 2 heterocycles. The highest BCUT2D eigenvalue weighted by molar-refractivity contribution is 5.56. The standard InChI is InChI=1S/C19H27N5/c1-3-16-14-18(21-12-13-24(2)17-6-4-5-7-17)23-19(22-16)15-8-10-20-11-9-15/h8-11,14,17H,3-7,12-13H2,1-2H3,(H,21,22,23). The fraction of sp³-hybridized carbons (Fsp3) is 0.526. The zero-order valence-electron chi connectivity index (χ0n) is 14.7. The van der Waals surface area contributed by atoms with E-state index in [0.717, 1.165) is 48.5 Å². The van der Waals surface area contributed by atoms with E-state index in [2.05, 4.69) is 45.2 Å². The van der Waals surface area contributed by atoms with Gasteiger partial charge in [-0.1, -0.05) is 19.8 Å². The van der Waals surface area contributed by atoms with Crippen molar-refractivity contribution < 1.29 is 0 Å². The topological polar surface area (TPSA) is 53.9 Å². The van der Waals surface area contributed by atoms with Crippen LogP contribution in [0.1, 0.15) is 38.3 Å². The van der Waals surface area contributed by atoms with Crippen LogP contribution in [0.3, 0.4) is 0 Å². The van der Waals surface area contributed by atoms with Crippen LogP contribution in [-0.4, -0.2) is 46.0 Å². The summed E-state index contributed by atoms with van der Waals surface area (Å²) in [7, 11) is 2.23. The van der Waals surface area contributed by atoms with Gasteiger partial charge >= 0.3 is 0 Å². The van der Waals surface area contributed by atoms with Crippen LogP contribution < -0.4 is 5.32 Å². The minimum Gasteiger partial charge on any atom is -0.369 e. The van der Waals surface area contributed by atoms with Gasteiger partial charge in [-0.25, -0.2) is 9.97 Å². The first kappa shape index (κ1) is 16.8. The van der Waals surface area contributed by atoms with Crippen molar-refractivity contribution in [1.29, 1.82) is 0 Å². The molecule has 1 fully saturated rings. The summed E-state index contributed by atoms with van der Waals surface area (Å²) in [6.07, 6.45) is 9.90. The summed E-state index contributed by atoms with van der Waals surface area (Å²) in [4.78, 5) is 15.9. The van der Waals surface area contributed by atoms with Crippen molar-refractivity contribution in [2.45, 2.75) is 45.1 Å². The van der Waals surface area contributed by atoms with Gasteiger partial charge in [0.25, 0.3) is 0 Å². The predicted octanol–water partition coefficient (Wildman–Crippen LogP) is 3.39. The van der Waals surface area contributed by atoms with Crippen LogP contribution in [0.2, 0.25) is 0 Å². The first-order valence-electron chi connectivity index (χ1n) is 8.98. The largest absolute Gasteiger partial charge is 0.369 e. The van der Waals surface area contributed by atoms with E-state index in [1.165, 1.54) is 25.7 Å². The zero-order valence-corrected chi connectivity index (χ0v) is 14.7. The van der Waals surface area contributed by atoms with Crippen LogP contribution in [0.25, 0.3) is 11.4 Å². The molecule has 0 bridgehead atoms. The predicted molar refractivity (Wildman–Crippen MR) is 98.0 cm³/mol. The number of nitrogens with zero attached hydrogens (tertiary/aromatic N) is 4. The number of rotatable bonds is 7. The van der Waals surface area contributed by atoms with Crippen molar-refractivity contribution in [3.05, 3.63) is 36.3 Å². The summed E-state index contributed by atoms with van der Waals surface area (Å²) in [6, 6.07) is 6.72. The average molecular weight is 325 g/mol. The summed E-state index contributed by atoms with van der Waals surface area (Å²) in [5.41, 5.74) is 2.06. The summed E-state index contributed by atoms with van der Waals surface area (Å²) in [5, 5.41) is 3.48. The number of anilines is 1. The third-order valence-corrected chi connectivity index (χ3v) is 4.80. The van der Waals surface area contributed by atoms with Gasteiger partial charge in [-0.3, -0.25) is 4.98 Å². The highest BCUT2D eigenvalue weighted by atomic mass is 15.2. The first-order chi connectivity index (χ1) is 11.8. The van der Waals surface area contributed by atoms with Gasteiger partial charge in [0.05, 0.1) is 0 Å². The molecule has 0 saturated heterocycles. The lowest BCUT2D eigenvalue weighted by molar-refractivity contribution is 0.254. The number of pyridine rings is 1. The highest BCUT2D eigenvalue weighted by Crippen LogP contribution is 2.22. The van der Waals surface area contributed by atoms with Crippen molar-refractivity contribution in [2.75, 3.05) is 25.5 Å². The minimum absolute atomic E-state index is 0.760. The van der Waals surface area contributed by atoms with Gasteiger partial charge < -0.3 is 10.2 Å². The van der Waals surface area contributed by atoms with Crippen LogP contribution in [0.4, 0.5) is 5.82 Å². The number of likely N-dealkylation sites (N-methyl/N-ethyl adjacent to an activating group) is 1. The Morgan fingerprint density at radius 1 is 1.17 bits per heavy atom. The number of aryl methyl sites for hydroxylation is 1. The molecular formula is C19H27N5. The third kappa shape index (κ3) is 4.29. The van der Waals surface area contributed by atoms with Crippen LogP contribution in [0.15, 0.2) is 30.6 Å². The van der Waals surface area contributed by atoms with E-state index in [4.69, 9.17) is 0 Å². The Labute approximate surface area is 144 Å². The molecule has 3 rings (SSSR count).